The van der Waals surface area contributed by atoms with Gasteiger partial charge in [-0.2, -0.15) is 0 Å². The molecule has 0 N–H and O–H groups in total. The maximum atomic E-state index is 15.6. The molecule has 0 aromatic heterocycles. The van der Waals surface area contributed by atoms with Crippen molar-refractivity contribution in [2.24, 2.45) is 22.7 Å². The van der Waals surface area contributed by atoms with Crippen LogP contribution >= 0.6 is 0 Å². The molecule has 2 saturated carbocycles. The number of rotatable bonds is 2. The molecule has 4 aliphatic carbocycles. The van der Waals surface area contributed by atoms with Gasteiger partial charge in [-0.1, -0.05) is 37.1 Å². The molecule has 5 aliphatic rings. The van der Waals surface area contributed by atoms with E-state index >= 15 is 4.39 Å². The molecule has 6 atom stereocenters. The van der Waals surface area contributed by atoms with Crippen molar-refractivity contribution >= 4 is 17.7 Å². The number of hydrogen-bond donors (Lipinski definition) is 0. The average molecular weight is 431 g/mol. The van der Waals surface area contributed by atoms with E-state index in [0.29, 0.717) is 37.4 Å². The zero-order valence-electron chi connectivity index (χ0n) is 18.6. The molecule has 1 aliphatic heterocycles. The summed E-state index contributed by atoms with van der Waals surface area (Å²) < 4.78 is 26.2. The summed E-state index contributed by atoms with van der Waals surface area (Å²) in [6.07, 6.45) is 9.26. The molecule has 0 aromatic rings. The van der Waals surface area contributed by atoms with Gasteiger partial charge in [-0.15, -0.1) is 0 Å². The number of ether oxygens (including phenoxy) is 2. The number of fused-ring (bicyclic) bond motifs is 6. The minimum atomic E-state index is -2.72. The highest BCUT2D eigenvalue weighted by molar-refractivity contribution is 6.05. The number of carbonyl (C=O) groups excluding carboxylic acids is 3. The quantitative estimate of drug-likeness (QED) is 0.369. The van der Waals surface area contributed by atoms with Gasteiger partial charge in [-0.05, 0) is 50.9 Å². The van der Waals surface area contributed by atoms with Gasteiger partial charge < -0.3 is 9.47 Å². The van der Waals surface area contributed by atoms with E-state index in [1.165, 1.54) is 11.1 Å². The third-order valence-electron chi connectivity index (χ3n) is 9.34. The van der Waals surface area contributed by atoms with E-state index in [2.05, 4.69) is 26.0 Å². The number of halogens is 1. The van der Waals surface area contributed by atoms with E-state index in [9.17, 15) is 14.4 Å². The maximum Gasteiger partial charge on any atom is 0.356 e. The molecular weight excluding hydrogens is 399 g/mol. The molecule has 3 fully saturated rings. The van der Waals surface area contributed by atoms with Crippen LogP contribution in [-0.4, -0.2) is 35.6 Å². The molecule has 31 heavy (non-hydrogen) atoms. The van der Waals surface area contributed by atoms with Crippen LogP contribution < -0.4 is 0 Å². The average Bonchev–Trinajstić information content (AvgIpc) is 3.16. The van der Waals surface area contributed by atoms with Gasteiger partial charge in [0, 0.05) is 30.1 Å². The smallest absolute Gasteiger partial charge is 0.356 e. The summed E-state index contributed by atoms with van der Waals surface area (Å²) in [5, 5.41) is 0. The Hall–Kier alpha value is -1.98. The molecule has 168 valence electrons. The SMILES string of the molecule is CCOC(=O)C1(F)C[C@@]2(CCC3C4CC=C5CC(=O)CC[C@]5(C)C4=CC[C@@]32C)OC1=O. The van der Waals surface area contributed by atoms with Crippen molar-refractivity contribution in [2.75, 3.05) is 6.61 Å². The van der Waals surface area contributed by atoms with Crippen LogP contribution in [0.2, 0.25) is 0 Å². The fourth-order valence-corrected chi connectivity index (χ4v) is 7.49. The second-order valence-electron chi connectivity index (χ2n) is 10.6. The highest BCUT2D eigenvalue weighted by atomic mass is 19.1. The van der Waals surface area contributed by atoms with Crippen molar-refractivity contribution in [3.63, 3.8) is 0 Å². The molecular formula is C25H31FO5. The van der Waals surface area contributed by atoms with E-state index in [1.54, 1.807) is 6.92 Å². The zero-order valence-corrected chi connectivity index (χ0v) is 18.6. The third kappa shape index (κ3) is 2.56. The molecule has 0 bridgehead atoms. The Labute approximate surface area is 182 Å². The van der Waals surface area contributed by atoms with Crippen LogP contribution in [0.4, 0.5) is 4.39 Å². The highest BCUT2D eigenvalue weighted by Crippen LogP contribution is 2.68. The Morgan fingerprint density at radius 1 is 1.26 bits per heavy atom. The lowest BCUT2D eigenvalue weighted by Crippen LogP contribution is -2.51. The molecule has 1 saturated heterocycles. The summed E-state index contributed by atoms with van der Waals surface area (Å²) in [4.78, 5) is 36.9. The number of ketones is 1. The van der Waals surface area contributed by atoms with Crippen molar-refractivity contribution in [1.29, 1.82) is 0 Å². The normalized spacial score (nSPS) is 45.9. The van der Waals surface area contributed by atoms with Gasteiger partial charge in [0.05, 0.1) is 6.61 Å². The Morgan fingerprint density at radius 3 is 2.77 bits per heavy atom. The Balaban J connectivity index is 1.49. The van der Waals surface area contributed by atoms with Gasteiger partial charge in [0.25, 0.3) is 0 Å². The topological polar surface area (TPSA) is 69.7 Å². The Morgan fingerprint density at radius 2 is 2.03 bits per heavy atom. The van der Waals surface area contributed by atoms with Crippen LogP contribution in [0.25, 0.3) is 0 Å². The zero-order chi connectivity index (χ0) is 22.2. The predicted molar refractivity (Wildman–Crippen MR) is 111 cm³/mol. The van der Waals surface area contributed by atoms with Crippen LogP contribution in [0.15, 0.2) is 23.3 Å². The molecule has 5 rings (SSSR count). The first kappa shape index (κ1) is 20.9. The van der Waals surface area contributed by atoms with E-state index < -0.39 is 28.6 Å². The highest BCUT2D eigenvalue weighted by Gasteiger charge is 2.73. The number of allylic oxidation sites excluding steroid dienone is 4. The van der Waals surface area contributed by atoms with Crippen LogP contribution in [0, 0.1) is 22.7 Å². The fourth-order valence-electron chi connectivity index (χ4n) is 7.49. The van der Waals surface area contributed by atoms with Crippen molar-refractivity contribution in [3.8, 4) is 0 Å². The van der Waals surface area contributed by atoms with Gasteiger partial charge in [-0.25, -0.2) is 14.0 Å². The predicted octanol–water partition coefficient (Wildman–Crippen LogP) is 4.40. The summed E-state index contributed by atoms with van der Waals surface area (Å²) in [7, 11) is 0. The van der Waals surface area contributed by atoms with E-state index in [4.69, 9.17) is 9.47 Å². The molecule has 6 heteroatoms. The second kappa shape index (κ2) is 6.52. The summed E-state index contributed by atoms with van der Waals surface area (Å²) in [6, 6.07) is 0. The van der Waals surface area contributed by atoms with Gasteiger partial charge in [0.2, 0.25) is 0 Å². The summed E-state index contributed by atoms with van der Waals surface area (Å²) in [6.45, 7) is 5.99. The van der Waals surface area contributed by atoms with Gasteiger partial charge in [0.1, 0.15) is 11.4 Å². The van der Waals surface area contributed by atoms with Crippen LogP contribution in [-0.2, 0) is 23.9 Å². The fraction of sp³-hybridized carbons (Fsp3) is 0.720. The largest absolute Gasteiger partial charge is 0.463 e. The molecule has 1 heterocycles. The number of hydrogen-bond acceptors (Lipinski definition) is 5. The van der Waals surface area contributed by atoms with Gasteiger partial charge in [-0.3, -0.25) is 4.79 Å². The van der Waals surface area contributed by atoms with E-state index in [1.807, 2.05) is 0 Å². The first-order valence-electron chi connectivity index (χ1n) is 11.6. The minimum Gasteiger partial charge on any atom is -0.463 e. The molecule has 3 unspecified atom stereocenters. The lowest BCUT2D eigenvalue weighted by molar-refractivity contribution is -0.170. The number of esters is 2. The second-order valence-corrected chi connectivity index (χ2v) is 10.6. The molecule has 0 amide bonds. The van der Waals surface area contributed by atoms with Crippen LogP contribution in [0.5, 0.6) is 0 Å². The number of Topliss-reactive ketones (excluding diaryl/α,β-unsaturated/α-hetero) is 1. The molecule has 0 radical (unpaired) electrons. The van der Waals surface area contributed by atoms with Gasteiger partial charge >= 0.3 is 17.6 Å². The minimum absolute atomic E-state index is 0.0224. The Kier molecular flexibility index (Phi) is 4.39. The van der Waals surface area contributed by atoms with Gasteiger partial charge in [0.15, 0.2) is 0 Å². The lowest BCUT2D eigenvalue weighted by atomic mass is 9.51. The summed E-state index contributed by atoms with van der Waals surface area (Å²) >= 11 is 0. The van der Waals surface area contributed by atoms with Crippen molar-refractivity contribution < 1.29 is 28.2 Å². The number of carbonyl (C=O) groups is 3. The lowest BCUT2D eigenvalue weighted by Gasteiger charge is -2.54. The number of alkyl halides is 1. The summed E-state index contributed by atoms with van der Waals surface area (Å²) in [5.74, 6) is -1.35. The van der Waals surface area contributed by atoms with Crippen molar-refractivity contribution in [3.05, 3.63) is 23.3 Å². The summed E-state index contributed by atoms with van der Waals surface area (Å²) in [5.41, 5.74) is -1.53. The van der Waals surface area contributed by atoms with Crippen molar-refractivity contribution in [2.45, 2.75) is 83.4 Å². The Bertz CT molecular complexity index is 936. The maximum absolute atomic E-state index is 15.6. The van der Waals surface area contributed by atoms with E-state index in [-0.39, 0.29) is 24.4 Å². The standard InChI is InChI=1S/C25H31FO5/c1-4-30-20(28)25(26)14-24(31-21(25)29)12-9-19-17-6-5-15-13-16(27)7-10-22(15,2)18(17)8-11-23(19,24)3/h5,8,17,19H,4,6-7,9-14H2,1-3H3/t17?,19?,22-,23-,24+,25?/m0/s1. The third-order valence-corrected chi connectivity index (χ3v) is 9.34. The first-order chi connectivity index (χ1) is 14.6. The monoisotopic (exact) mass is 430 g/mol. The van der Waals surface area contributed by atoms with Crippen LogP contribution in [0.3, 0.4) is 0 Å². The molecule has 1 spiro atoms. The van der Waals surface area contributed by atoms with Crippen molar-refractivity contribution in [1.82, 2.24) is 0 Å². The molecule has 5 nitrogen and oxygen atoms in total. The molecule has 0 aromatic carbocycles. The van der Waals surface area contributed by atoms with E-state index in [0.717, 1.165) is 19.3 Å². The van der Waals surface area contributed by atoms with Crippen LogP contribution in [0.1, 0.15) is 72.1 Å². The first-order valence-corrected chi connectivity index (χ1v) is 11.6.